The maximum atomic E-state index is 12.5. The third-order valence-corrected chi connectivity index (χ3v) is 2.51. The molecule has 0 N–H and O–H groups in total. The summed E-state index contributed by atoms with van der Waals surface area (Å²) in [6.07, 6.45) is -2.59. The number of halogens is 4. The van der Waals surface area contributed by atoms with Crippen LogP contribution < -0.4 is 0 Å². The number of fused-ring (bicyclic) bond motifs is 1. The van der Waals surface area contributed by atoms with Crippen molar-refractivity contribution >= 4 is 23.2 Å². The number of alkyl halides is 3. The van der Waals surface area contributed by atoms with Gasteiger partial charge in [-0.1, -0.05) is 11.6 Å². The number of carbonyl (C=O) groups excluding carboxylic acids is 1. The van der Waals surface area contributed by atoms with Gasteiger partial charge in [-0.25, -0.2) is 9.78 Å². The van der Waals surface area contributed by atoms with Gasteiger partial charge in [0, 0.05) is 12.4 Å². The Kier molecular flexibility index (Phi) is 2.94. The highest BCUT2D eigenvalue weighted by atomic mass is 35.5. The second kappa shape index (κ2) is 4.16. The lowest BCUT2D eigenvalue weighted by atomic mass is 10.3. The third-order valence-electron chi connectivity index (χ3n) is 2.23. The fourth-order valence-corrected chi connectivity index (χ4v) is 1.67. The summed E-state index contributed by atoms with van der Waals surface area (Å²) in [7, 11) is 1.15. The van der Waals surface area contributed by atoms with E-state index in [1.165, 1.54) is 0 Å². The topological polar surface area (TPSA) is 43.6 Å². The molecule has 0 aliphatic heterocycles. The zero-order valence-corrected chi connectivity index (χ0v) is 9.71. The Morgan fingerprint density at radius 2 is 2.11 bits per heavy atom. The summed E-state index contributed by atoms with van der Waals surface area (Å²) in [5, 5.41) is -0.194. The number of ether oxygens (including phenoxy) is 1. The maximum Gasteiger partial charge on any atom is 0.417 e. The van der Waals surface area contributed by atoms with E-state index < -0.39 is 17.7 Å². The molecule has 0 aromatic carbocycles. The minimum atomic E-state index is -4.52. The van der Waals surface area contributed by atoms with Gasteiger partial charge in [-0.05, 0) is 6.07 Å². The summed E-state index contributed by atoms with van der Waals surface area (Å²) < 4.78 is 43.1. The molecule has 0 atom stereocenters. The number of aromatic nitrogens is 2. The van der Waals surface area contributed by atoms with E-state index in [0.29, 0.717) is 0 Å². The molecule has 0 amide bonds. The number of esters is 1. The number of pyridine rings is 1. The smallest absolute Gasteiger partial charge is 0.417 e. The quantitative estimate of drug-likeness (QED) is 0.754. The van der Waals surface area contributed by atoms with Gasteiger partial charge in [-0.15, -0.1) is 0 Å². The van der Waals surface area contributed by atoms with Crippen LogP contribution in [0.5, 0.6) is 0 Å². The van der Waals surface area contributed by atoms with Gasteiger partial charge in [0.1, 0.15) is 0 Å². The second-order valence-corrected chi connectivity index (χ2v) is 3.83. The Balaban J connectivity index is 2.63. The van der Waals surface area contributed by atoms with E-state index in [9.17, 15) is 18.0 Å². The molecule has 0 fully saturated rings. The predicted octanol–water partition coefficient (Wildman–Crippen LogP) is 2.79. The van der Waals surface area contributed by atoms with Crippen LogP contribution in [0.4, 0.5) is 13.2 Å². The van der Waals surface area contributed by atoms with Crippen molar-refractivity contribution < 1.29 is 22.7 Å². The Morgan fingerprint density at radius 3 is 2.67 bits per heavy atom. The Morgan fingerprint density at radius 1 is 1.44 bits per heavy atom. The summed E-state index contributed by atoms with van der Waals surface area (Å²) in [6, 6.07) is 0.755. The molecule has 0 spiro atoms. The van der Waals surface area contributed by atoms with Crippen molar-refractivity contribution in [1.29, 1.82) is 0 Å². The molecule has 96 valence electrons. The van der Waals surface area contributed by atoms with E-state index in [-0.39, 0.29) is 16.4 Å². The second-order valence-electron chi connectivity index (χ2n) is 3.42. The van der Waals surface area contributed by atoms with Crippen molar-refractivity contribution in [2.45, 2.75) is 6.18 Å². The van der Waals surface area contributed by atoms with Gasteiger partial charge in [0.25, 0.3) is 0 Å². The number of carbonyl (C=O) groups is 1. The first-order chi connectivity index (χ1) is 8.32. The standard InChI is InChI=1S/C10H6ClF3N2O2/c1-18-9(17)7-4-16-3-5(10(12,13)14)2-6(11)8(16)15-7/h2-4H,1H3. The van der Waals surface area contributed by atoms with Gasteiger partial charge < -0.3 is 9.14 Å². The Hall–Kier alpha value is -1.76. The van der Waals surface area contributed by atoms with Gasteiger partial charge in [0.2, 0.25) is 0 Å². The predicted molar refractivity (Wildman–Crippen MR) is 56.5 cm³/mol. The number of imidazole rings is 1. The molecular weight excluding hydrogens is 273 g/mol. The zero-order valence-electron chi connectivity index (χ0n) is 8.95. The molecule has 0 unspecified atom stereocenters. The largest absolute Gasteiger partial charge is 0.464 e. The SMILES string of the molecule is COC(=O)c1cn2cc(C(F)(F)F)cc(Cl)c2n1. The van der Waals surface area contributed by atoms with Gasteiger partial charge in [0.05, 0.1) is 17.7 Å². The first-order valence-corrected chi connectivity index (χ1v) is 5.04. The molecule has 0 aliphatic rings. The van der Waals surface area contributed by atoms with Gasteiger partial charge in [-0.3, -0.25) is 0 Å². The summed E-state index contributed by atoms with van der Waals surface area (Å²) in [5.41, 5.74) is -0.974. The van der Waals surface area contributed by atoms with Gasteiger partial charge >= 0.3 is 12.1 Å². The number of hydrogen-bond acceptors (Lipinski definition) is 3. The van der Waals surface area contributed by atoms with Crippen LogP contribution in [0.3, 0.4) is 0 Å². The fourth-order valence-electron chi connectivity index (χ4n) is 1.41. The number of hydrogen-bond donors (Lipinski definition) is 0. The van der Waals surface area contributed by atoms with E-state index in [0.717, 1.165) is 30.0 Å². The molecule has 2 heterocycles. The van der Waals surface area contributed by atoms with E-state index in [1.54, 1.807) is 0 Å². The van der Waals surface area contributed by atoms with Crippen molar-refractivity contribution in [3.8, 4) is 0 Å². The van der Waals surface area contributed by atoms with E-state index in [2.05, 4.69) is 9.72 Å². The minimum Gasteiger partial charge on any atom is -0.464 e. The lowest BCUT2D eigenvalue weighted by Crippen LogP contribution is -2.06. The van der Waals surface area contributed by atoms with Crippen molar-refractivity contribution in [2.75, 3.05) is 7.11 Å². The number of methoxy groups -OCH3 is 1. The zero-order chi connectivity index (χ0) is 13.5. The number of rotatable bonds is 1. The van der Waals surface area contributed by atoms with Crippen LogP contribution in [0.1, 0.15) is 16.1 Å². The van der Waals surface area contributed by atoms with Crippen molar-refractivity contribution in [1.82, 2.24) is 9.38 Å². The fraction of sp³-hybridized carbons (Fsp3) is 0.200. The monoisotopic (exact) mass is 278 g/mol. The highest BCUT2D eigenvalue weighted by Crippen LogP contribution is 2.32. The van der Waals surface area contributed by atoms with Crippen LogP contribution >= 0.6 is 11.6 Å². The van der Waals surface area contributed by atoms with Crippen LogP contribution in [-0.2, 0) is 10.9 Å². The minimum absolute atomic E-state index is 0.0602. The molecule has 18 heavy (non-hydrogen) atoms. The lowest BCUT2D eigenvalue weighted by molar-refractivity contribution is -0.137. The summed E-state index contributed by atoms with van der Waals surface area (Å²) in [5.74, 6) is -0.747. The van der Waals surface area contributed by atoms with Gasteiger partial charge in [-0.2, -0.15) is 13.2 Å². The van der Waals surface area contributed by atoms with Crippen LogP contribution in [0, 0.1) is 0 Å². The molecule has 0 saturated carbocycles. The molecule has 0 radical (unpaired) electrons. The first-order valence-electron chi connectivity index (χ1n) is 4.66. The molecule has 0 saturated heterocycles. The van der Waals surface area contributed by atoms with E-state index >= 15 is 0 Å². The van der Waals surface area contributed by atoms with Crippen molar-refractivity contribution in [3.05, 3.63) is 34.7 Å². The summed E-state index contributed by atoms with van der Waals surface area (Å²) in [4.78, 5) is 15.0. The Bertz CT molecular complexity index is 621. The normalized spacial score (nSPS) is 11.8. The molecule has 0 bridgehead atoms. The van der Waals surface area contributed by atoms with E-state index in [4.69, 9.17) is 11.6 Å². The molecule has 8 heteroatoms. The molecule has 2 rings (SSSR count). The van der Waals surface area contributed by atoms with E-state index in [1.807, 2.05) is 0 Å². The summed E-state index contributed by atoms with van der Waals surface area (Å²) in [6.45, 7) is 0. The highest BCUT2D eigenvalue weighted by molar-refractivity contribution is 6.33. The summed E-state index contributed by atoms with van der Waals surface area (Å²) >= 11 is 5.69. The maximum absolute atomic E-state index is 12.5. The third kappa shape index (κ3) is 2.13. The molecule has 4 nitrogen and oxygen atoms in total. The van der Waals surface area contributed by atoms with Crippen LogP contribution in [-0.4, -0.2) is 22.5 Å². The Labute approximate surface area is 104 Å². The van der Waals surface area contributed by atoms with Crippen LogP contribution in [0.25, 0.3) is 5.65 Å². The van der Waals surface area contributed by atoms with Crippen LogP contribution in [0.2, 0.25) is 5.02 Å². The van der Waals surface area contributed by atoms with Crippen LogP contribution in [0.15, 0.2) is 18.5 Å². The van der Waals surface area contributed by atoms with Crippen molar-refractivity contribution in [2.24, 2.45) is 0 Å². The highest BCUT2D eigenvalue weighted by Gasteiger charge is 2.32. The molecule has 2 aromatic rings. The molecule has 0 aliphatic carbocycles. The molecule has 2 aromatic heterocycles. The lowest BCUT2D eigenvalue weighted by Gasteiger charge is -2.07. The van der Waals surface area contributed by atoms with Gasteiger partial charge in [0.15, 0.2) is 11.3 Å². The molecular formula is C10H6ClF3N2O2. The number of nitrogens with zero attached hydrogens (tertiary/aromatic N) is 2. The van der Waals surface area contributed by atoms with Crippen molar-refractivity contribution in [3.63, 3.8) is 0 Å². The average Bonchev–Trinajstić information content (AvgIpc) is 2.71. The first kappa shape index (κ1) is 12.7. The average molecular weight is 279 g/mol.